The van der Waals surface area contributed by atoms with E-state index in [1.54, 1.807) is 0 Å². The highest BCUT2D eigenvalue weighted by atomic mass is 15.3. The van der Waals surface area contributed by atoms with E-state index in [4.69, 9.17) is 11.1 Å². The molecule has 5 nitrogen and oxygen atoms in total. The molecule has 0 atom stereocenters. The number of rotatable bonds is 2. The van der Waals surface area contributed by atoms with Crippen molar-refractivity contribution in [1.82, 2.24) is 10.3 Å². The van der Waals surface area contributed by atoms with Crippen LogP contribution in [0.15, 0.2) is 5.10 Å². The minimum Gasteiger partial charge on any atom is -0.369 e. The summed E-state index contributed by atoms with van der Waals surface area (Å²) in [4.78, 5) is 2.42. The molecule has 0 aromatic carbocycles. The standard InChI is InChI=1S/C9H19N5/c1-7(2)14-5-3-8(4-6-14)12-13-9(10)11/h7H,3-6H2,1-2H3,(H4,10,11,13). The van der Waals surface area contributed by atoms with Crippen LogP contribution in [0.5, 0.6) is 0 Å². The van der Waals surface area contributed by atoms with Gasteiger partial charge in [0.2, 0.25) is 5.96 Å². The van der Waals surface area contributed by atoms with Crippen LogP contribution in [0, 0.1) is 5.41 Å². The summed E-state index contributed by atoms with van der Waals surface area (Å²) in [5.74, 6) is -0.0937. The van der Waals surface area contributed by atoms with E-state index in [2.05, 4.69) is 29.3 Å². The van der Waals surface area contributed by atoms with Gasteiger partial charge in [0.25, 0.3) is 0 Å². The summed E-state index contributed by atoms with van der Waals surface area (Å²) >= 11 is 0. The highest BCUT2D eigenvalue weighted by molar-refractivity contribution is 5.87. The van der Waals surface area contributed by atoms with E-state index in [0.717, 1.165) is 31.6 Å². The second kappa shape index (κ2) is 4.95. The molecule has 1 fully saturated rings. The largest absolute Gasteiger partial charge is 0.369 e. The third-order valence-corrected chi connectivity index (χ3v) is 2.44. The first-order valence-electron chi connectivity index (χ1n) is 4.99. The van der Waals surface area contributed by atoms with Crippen molar-refractivity contribution in [3.63, 3.8) is 0 Å². The topological polar surface area (TPSA) is 77.5 Å². The molecule has 0 amide bonds. The Morgan fingerprint density at radius 2 is 2.07 bits per heavy atom. The first kappa shape index (κ1) is 11.0. The minimum absolute atomic E-state index is 0.0937. The van der Waals surface area contributed by atoms with Crippen LogP contribution in [0.3, 0.4) is 0 Å². The molecule has 1 heterocycles. The molecule has 0 saturated carbocycles. The molecular weight excluding hydrogens is 178 g/mol. The molecule has 0 aromatic heterocycles. The van der Waals surface area contributed by atoms with Crippen LogP contribution >= 0.6 is 0 Å². The van der Waals surface area contributed by atoms with Crippen LogP contribution in [-0.2, 0) is 0 Å². The fourth-order valence-electron chi connectivity index (χ4n) is 1.55. The van der Waals surface area contributed by atoms with E-state index in [0.29, 0.717) is 6.04 Å². The van der Waals surface area contributed by atoms with Crippen molar-refractivity contribution in [3.8, 4) is 0 Å². The normalized spacial score (nSPS) is 18.4. The first-order chi connectivity index (χ1) is 6.59. The molecule has 80 valence electrons. The van der Waals surface area contributed by atoms with E-state index in [1.165, 1.54) is 0 Å². The average molecular weight is 197 g/mol. The van der Waals surface area contributed by atoms with Crippen molar-refractivity contribution in [2.75, 3.05) is 13.1 Å². The summed E-state index contributed by atoms with van der Waals surface area (Å²) in [5, 5.41) is 11.0. The van der Waals surface area contributed by atoms with Gasteiger partial charge in [-0.25, -0.2) is 5.43 Å². The third kappa shape index (κ3) is 3.33. The molecule has 0 spiro atoms. The second-order valence-corrected chi connectivity index (χ2v) is 3.83. The van der Waals surface area contributed by atoms with Crippen molar-refractivity contribution in [1.29, 1.82) is 5.41 Å². The van der Waals surface area contributed by atoms with Crippen LogP contribution in [0.25, 0.3) is 0 Å². The average Bonchev–Trinajstić information content (AvgIpc) is 2.15. The molecule has 1 aliphatic heterocycles. The molecule has 14 heavy (non-hydrogen) atoms. The number of nitrogens with zero attached hydrogens (tertiary/aromatic N) is 2. The van der Waals surface area contributed by atoms with Gasteiger partial charge in [-0.15, -0.1) is 0 Å². The third-order valence-electron chi connectivity index (χ3n) is 2.44. The Morgan fingerprint density at radius 1 is 1.50 bits per heavy atom. The number of hydrogen-bond acceptors (Lipinski definition) is 3. The summed E-state index contributed by atoms with van der Waals surface area (Å²) in [6.45, 7) is 6.51. The Morgan fingerprint density at radius 3 is 2.50 bits per heavy atom. The lowest BCUT2D eigenvalue weighted by molar-refractivity contribution is 0.222. The molecule has 0 aromatic rings. The van der Waals surface area contributed by atoms with Crippen LogP contribution in [0.1, 0.15) is 26.7 Å². The van der Waals surface area contributed by atoms with E-state index in [9.17, 15) is 0 Å². The maximum absolute atomic E-state index is 6.97. The molecule has 0 bridgehead atoms. The summed E-state index contributed by atoms with van der Waals surface area (Å²) in [6.07, 6.45) is 1.94. The van der Waals surface area contributed by atoms with Crippen molar-refractivity contribution < 1.29 is 0 Å². The summed E-state index contributed by atoms with van der Waals surface area (Å²) < 4.78 is 0. The van der Waals surface area contributed by atoms with Gasteiger partial charge in [-0.1, -0.05) is 0 Å². The van der Waals surface area contributed by atoms with E-state index >= 15 is 0 Å². The lowest BCUT2D eigenvalue weighted by Crippen LogP contribution is -2.39. The van der Waals surface area contributed by atoms with Crippen molar-refractivity contribution in [2.45, 2.75) is 32.7 Å². The van der Waals surface area contributed by atoms with Crippen LogP contribution in [-0.4, -0.2) is 35.7 Å². The predicted octanol–water partition coefficient (Wildman–Crippen LogP) is 0.330. The SMILES string of the molecule is CC(C)N1CCC(=NNC(=N)N)CC1. The Hall–Kier alpha value is -1.10. The van der Waals surface area contributed by atoms with Gasteiger partial charge in [-0.3, -0.25) is 5.41 Å². The van der Waals surface area contributed by atoms with Gasteiger partial charge in [-0.05, 0) is 13.8 Å². The van der Waals surface area contributed by atoms with Crippen molar-refractivity contribution in [2.24, 2.45) is 10.8 Å². The number of piperidine rings is 1. The summed E-state index contributed by atoms with van der Waals surface area (Å²) in [6, 6.07) is 0.609. The lowest BCUT2D eigenvalue weighted by atomic mass is 10.1. The highest BCUT2D eigenvalue weighted by Crippen LogP contribution is 2.09. The Bertz CT molecular complexity index is 223. The van der Waals surface area contributed by atoms with Gasteiger partial charge >= 0.3 is 0 Å². The number of nitrogens with one attached hydrogen (secondary N) is 2. The maximum Gasteiger partial charge on any atom is 0.206 e. The number of guanidine groups is 1. The fourth-order valence-corrected chi connectivity index (χ4v) is 1.55. The van der Waals surface area contributed by atoms with Gasteiger partial charge in [0.05, 0.1) is 0 Å². The number of hydrogen-bond donors (Lipinski definition) is 3. The smallest absolute Gasteiger partial charge is 0.206 e. The Labute approximate surface area is 84.9 Å². The highest BCUT2D eigenvalue weighted by Gasteiger charge is 2.16. The first-order valence-corrected chi connectivity index (χ1v) is 4.99. The van der Waals surface area contributed by atoms with Crippen LogP contribution < -0.4 is 11.2 Å². The number of hydrazone groups is 1. The summed E-state index contributed by atoms with van der Waals surface area (Å²) in [7, 11) is 0. The molecular formula is C9H19N5. The minimum atomic E-state index is -0.0937. The fraction of sp³-hybridized carbons (Fsp3) is 0.778. The van der Waals surface area contributed by atoms with Crippen molar-refractivity contribution >= 4 is 11.7 Å². The maximum atomic E-state index is 6.97. The molecule has 5 heteroatoms. The number of likely N-dealkylation sites (tertiary alicyclic amines) is 1. The van der Waals surface area contributed by atoms with Crippen LogP contribution in [0.4, 0.5) is 0 Å². The molecule has 1 saturated heterocycles. The number of nitrogens with two attached hydrogens (primary N) is 1. The molecule has 0 radical (unpaired) electrons. The Balaban J connectivity index is 2.35. The van der Waals surface area contributed by atoms with Crippen LogP contribution in [0.2, 0.25) is 0 Å². The quantitative estimate of drug-likeness (QED) is 0.339. The zero-order valence-corrected chi connectivity index (χ0v) is 8.88. The molecule has 1 aliphatic rings. The molecule has 0 unspecified atom stereocenters. The van der Waals surface area contributed by atoms with E-state index in [-0.39, 0.29) is 5.96 Å². The van der Waals surface area contributed by atoms with E-state index < -0.39 is 0 Å². The predicted molar refractivity (Wildman–Crippen MR) is 58.4 cm³/mol. The lowest BCUT2D eigenvalue weighted by Gasteiger charge is -2.30. The molecule has 0 aliphatic carbocycles. The summed E-state index contributed by atoms with van der Waals surface area (Å²) in [5.41, 5.74) is 8.74. The molecule has 1 rings (SSSR count). The van der Waals surface area contributed by atoms with E-state index in [1.807, 2.05) is 0 Å². The monoisotopic (exact) mass is 197 g/mol. The van der Waals surface area contributed by atoms with Gasteiger partial charge in [0, 0.05) is 37.7 Å². The molecule has 4 N–H and O–H groups in total. The van der Waals surface area contributed by atoms with Crippen molar-refractivity contribution in [3.05, 3.63) is 0 Å². The Kier molecular flexibility index (Phi) is 3.88. The van der Waals surface area contributed by atoms with Gasteiger partial charge < -0.3 is 10.6 Å². The second-order valence-electron chi connectivity index (χ2n) is 3.83. The zero-order chi connectivity index (χ0) is 10.6. The van der Waals surface area contributed by atoms with Gasteiger partial charge in [-0.2, -0.15) is 5.10 Å². The van der Waals surface area contributed by atoms with Gasteiger partial charge in [0.1, 0.15) is 0 Å². The van der Waals surface area contributed by atoms with Gasteiger partial charge in [0.15, 0.2) is 0 Å². The zero-order valence-electron chi connectivity index (χ0n) is 8.88.